The smallest absolute Gasteiger partial charge is 0.306 e. The van der Waals surface area contributed by atoms with E-state index in [1.54, 1.807) is 7.11 Å². The van der Waals surface area contributed by atoms with Gasteiger partial charge in [-0.05, 0) is 12.8 Å². The molecule has 0 atom stereocenters. The molecule has 1 amide bonds. The number of hydrogen-bond donors (Lipinski definition) is 0. The van der Waals surface area contributed by atoms with Crippen LogP contribution in [-0.2, 0) is 19.1 Å². The standard InChI is InChI=1S/C13H24N2O4/c1-18-10-9-14(8-5-13(17)19-2)11-12(16)15-6-3-4-7-15/h3-11H2,1-2H3. The van der Waals surface area contributed by atoms with Crippen molar-refractivity contribution >= 4 is 11.9 Å². The number of hydrogen-bond acceptors (Lipinski definition) is 5. The Kier molecular flexibility index (Phi) is 7.43. The third-order valence-electron chi connectivity index (χ3n) is 3.29. The minimum Gasteiger partial charge on any atom is -0.469 e. The van der Waals surface area contributed by atoms with Gasteiger partial charge in [-0.2, -0.15) is 0 Å². The molecule has 0 N–H and O–H groups in total. The molecule has 0 aromatic rings. The predicted octanol–water partition coefficient (Wildman–Crippen LogP) is 0.120. The van der Waals surface area contributed by atoms with E-state index in [2.05, 4.69) is 4.74 Å². The molecule has 0 aliphatic carbocycles. The molecule has 110 valence electrons. The summed E-state index contributed by atoms with van der Waals surface area (Å²) in [7, 11) is 3.00. The molecule has 0 bridgehead atoms. The van der Waals surface area contributed by atoms with Gasteiger partial charge in [0.15, 0.2) is 0 Å². The monoisotopic (exact) mass is 272 g/mol. The molecule has 1 aliphatic rings. The SMILES string of the molecule is COCCN(CCC(=O)OC)CC(=O)N1CCCC1. The Balaban J connectivity index is 2.38. The van der Waals surface area contributed by atoms with E-state index < -0.39 is 0 Å². The first-order valence-corrected chi connectivity index (χ1v) is 6.73. The zero-order valence-electron chi connectivity index (χ0n) is 11.9. The van der Waals surface area contributed by atoms with Gasteiger partial charge in [0, 0.05) is 33.3 Å². The summed E-state index contributed by atoms with van der Waals surface area (Å²) in [5.41, 5.74) is 0. The Labute approximate surface area is 114 Å². The lowest BCUT2D eigenvalue weighted by molar-refractivity contribution is -0.141. The summed E-state index contributed by atoms with van der Waals surface area (Å²) in [6, 6.07) is 0. The average molecular weight is 272 g/mol. The summed E-state index contributed by atoms with van der Waals surface area (Å²) in [4.78, 5) is 27.0. The van der Waals surface area contributed by atoms with Crippen molar-refractivity contribution in [3.8, 4) is 0 Å². The largest absolute Gasteiger partial charge is 0.469 e. The summed E-state index contributed by atoms with van der Waals surface area (Å²) in [5.74, 6) is -0.116. The molecule has 0 spiro atoms. The first kappa shape index (κ1) is 15.9. The molecular formula is C13H24N2O4. The molecule has 0 aromatic carbocycles. The number of carbonyl (C=O) groups is 2. The zero-order valence-corrected chi connectivity index (χ0v) is 11.9. The Morgan fingerprint density at radius 2 is 1.84 bits per heavy atom. The topological polar surface area (TPSA) is 59.1 Å². The lowest BCUT2D eigenvalue weighted by Crippen LogP contribution is -2.41. The van der Waals surface area contributed by atoms with Crippen molar-refractivity contribution in [3.05, 3.63) is 0 Å². The van der Waals surface area contributed by atoms with Crippen molar-refractivity contribution in [3.63, 3.8) is 0 Å². The number of esters is 1. The van der Waals surface area contributed by atoms with E-state index >= 15 is 0 Å². The number of methoxy groups -OCH3 is 2. The van der Waals surface area contributed by atoms with Gasteiger partial charge in [-0.15, -0.1) is 0 Å². The molecule has 1 rings (SSSR count). The fourth-order valence-electron chi connectivity index (χ4n) is 2.10. The maximum absolute atomic E-state index is 12.1. The lowest BCUT2D eigenvalue weighted by atomic mass is 10.3. The number of amides is 1. The van der Waals surface area contributed by atoms with Crippen LogP contribution in [0.5, 0.6) is 0 Å². The third kappa shape index (κ3) is 6.02. The van der Waals surface area contributed by atoms with E-state index in [-0.39, 0.29) is 11.9 Å². The molecule has 0 aromatic heterocycles. The van der Waals surface area contributed by atoms with Crippen LogP contribution in [0.15, 0.2) is 0 Å². The second-order valence-corrected chi connectivity index (χ2v) is 4.68. The molecule has 6 heteroatoms. The zero-order chi connectivity index (χ0) is 14.1. The van der Waals surface area contributed by atoms with Crippen LogP contribution in [0.1, 0.15) is 19.3 Å². The van der Waals surface area contributed by atoms with E-state index in [4.69, 9.17) is 4.74 Å². The van der Waals surface area contributed by atoms with Crippen LogP contribution in [0.4, 0.5) is 0 Å². The minimum absolute atomic E-state index is 0.137. The molecular weight excluding hydrogens is 248 g/mol. The normalized spacial score (nSPS) is 15.0. The summed E-state index contributed by atoms with van der Waals surface area (Å²) in [6.45, 7) is 3.78. The average Bonchev–Trinajstić information content (AvgIpc) is 2.95. The molecule has 6 nitrogen and oxygen atoms in total. The summed E-state index contributed by atoms with van der Waals surface area (Å²) < 4.78 is 9.65. The Morgan fingerprint density at radius 1 is 1.16 bits per heavy atom. The van der Waals surface area contributed by atoms with Gasteiger partial charge in [-0.25, -0.2) is 0 Å². The molecule has 1 aliphatic heterocycles. The highest BCUT2D eigenvalue weighted by molar-refractivity contribution is 5.78. The lowest BCUT2D eigenvalue weighted by Gasteiger charge is -2.24. The maximum Gasteiger partial charge on any atom is 0.306 e. The Hall–Kier alpha value is -1.14. The van der Waals surface area contributed by atoms with Crippen LogP contribution < -0.4 is 0 Å². The highest BCUT2D eigenvalue weighted by Gasteiger charge is 2.20. The molecule has 0 unspecified atom stereocenters. The van der Waals surface area contributed by atoms with Crippen molar-refractivity contribution < 1.29 is 19.1 Å². The number of carbonyl (C=O) groups excluding carboxylic acids is 2. The minimum atomic E-state index is -0.254. The van der Waals surface area contributed by atoms with E-state index in [0.717, 1.165) is 25.9 Å². The first-order valence-electron chi connectivity index (χ1n) is 6.73. The fourth-order valence-corrected chi connectivity index (χ4v) is 2.10. The fraction of sp³-hybridized carbons (Fsp3) is 0.846. The van der Waals surface area contributed by atoms with Crippen molar-refractivity contribution in [2.45, 2.75) is 19.3 Å². The summed E-state index contributed by atoms with van der Waals surface area (Å²) in [6.07, 6.45) is 2.48. The maximum atomic E-state index is 12.1. The van der Waals surface area contributed by atoms with Gasteiger partial charge < -0.3 is 14.4 Å². The Morgan fingerprint density at radius 3 is 2.42 bits per heavy atom. The van der Waals surface area contributed by atoms with Crippen LogP contribution in [-0.4, -0.2) is 75.2 Å². The number of rotatable bonds is 8. The van der Waals surface area contributed by atoms with Crippen molar-refractivity contribution in [2.24, 2.45) is 0 Å². The molecule has 1 saturated heterocycles. The highest BCUT2D eigenvalue weighted by Crippen LogP contribution is 2.08. The summed E-state index contributed by atoms with van der Waals surface area (Å²) in [5, 5.41) is 0. The molecule has 0 radical (unpaired) electrons. The molecule has 19 heavy (non-hydrogen) atoms. The predicted molar refractivity (Wildman–Crippen MR) is 70.8 cm³/mol. The second kappa shape index (κ2) is 8.87. The van der Waals surface area contributed by atoms with Crippen molar-refractivity contribution in [2.75, 3.05) is 53.6 Å². The number of ether oxygens (including phenoxy) is 2. The van der Waals surface area contributed by atoms with Gasteiger partial charge in [0.05, 0.1) is 26.7 Å². The second-order valence-electron chi connectivity index (χ2n) is 4.68. The van der Waals surface area contributed by atoms with E-state index in [0.29, 0.717) is 32.7 Å². The van der Waals surface area contributed by atoms with Gasteiger partial charge in [-0.3, -0.25) is 14.5 Å². The van der Waals surface area contributed by atoms with Gasteiger partial charge in [0.25, 0.3) is 0 Å². The van der Waals surface area contributed by atoms with E-state index in [9.17, 15) is 9.59 Å². The van der Waals surface area contributed by atoms with Gasteiger partial charge in [0.1, 0.15) is 0 Å². The Bertz CT molecular complexity index is 290. The summed E-state index contributed by atoms with van der Waals surface area (Å²) >= 11 is 0. The molecule has 1 heterocycles. The van der Waals surface area contributed by atoms with E-state index in [1.165, 1.54) is 7.11 Å². The van der Waals surface area contributed by atoms with Gasteiger partial charge in [-0.1, -0.05) is 0 Å². The quantitative estimate of drug-likeness (QED) is 0.587. The van der Waals surface area contributed by atoms with Crippen molar-refractivity contribution in [1.82, 2.24) is 9.80 Å². The third-order valence-corrected chi connectivity index (χ3v) is 3.29. The van der Waals surface area contributed by atoms with Crippen molar-refractivity contribution in [1.29, 1.82) is 0 Å². The van der Waals surface area contributed by atoms with Crippen LogP contribution in [0.25, 0.3) is 0 Å². The molecule has 0 saturated carbocycles. The van der Waals surface area contributed by atoms with Crippen LogP contribution in [0.3, 0.4) is 0 Å². The number of likely N-dealkylation sites (tertiary alicyclic amines) is 1. The first-order chi connectivity index (χ1) is 9.17. The van der Waals surface area contributed by atoms with Gasteiger partial charge >= 0.3 is 5.97 Å². The number of nitrogens with zero attached hydrogens (tertiary/aromatic N) is 2. The molecule has 1 fully saturated rings. The van der Waals surface area contributed by atoms with Gasteiger partial charge in [0.2, 0.25) is 5.91 Å². The van der Waals surface area contributed by atoms with Crippen LogP contribution in [0, 0.1) is 0 Å². The van der Waals surface area contributed by atoms with Crippen LogP contribution in [0.2, 0.25) is 0 Å². The van der Waals surface area contributed by atoms with E-state index in [1.807, 2.05) is 9.80 Å². The highest BCUT2D eigenvalue weighted by atomic mass is 16.5. The van der Waals surface area contributed by atoms with Crippen LogP contribution >= 0.6 is 0 Å².